The highest BCUT2D eigenvalue weighted by atomic mass is 35.5. The molecule has 99 heavy (non-hydrogen) atoms. The number of fused-ring (bicyclic) bond motifs is 4. The predicted molar refractivity (Wildman–Crippen MR) is 395 cm³/mol. The van der Waals surface area contributed by atoms with E-state index in [1.54, 1.807) is 35.4 Å². The normalized spacial score (nSPS) is 16.0. The topological polar surface area (TPSA) is 404 Å². The van der Waals surface area contributed by atoms with Gasteiger partial charge in [0.25, 0.3) is 10.2 Å². The summed E-state index contributed by atoms with van der Waals surface area (Å²) in [7, 11) is -12.8. The number of aryl methyl sites for hydroxylation is 5. The van der Waals surface area contributed by atoms with Gasteiger partial charge in [-0.1, -0.05) is 11.6 Å². The van der Waals surface area contributed by atoms with E-state index in [0.717, 1.165) is 140 Å². The lowest BCUT2D eigenvalue weighted by atomic mass is 9.97. The van der Waals surface area contributed by atoms with Gasteiger partial charge in [0.2, 0.25) is 20.0 Å². The SMILES string of the molecule is C=S(N)(=O)NCCCCNc1ncnc2cc(-c3ccn[nH]3)c(C)cc12.Cc1cc2c(NCCCCNS(N)(=O)=O)ncnc2cc1O.Cc1cc2ncc(C#N)c(N3CCCC(F)(CNS(C)(=O)=O)CC3)c2cc1C.Cc1ccc2ncnc(N3CCCN(S(C)(=O)=O)CC3)c2c1.Cl. The van der Waals surface area contributed by atoms with Gasteiger partial charge in [0.05, 0.1) is 61.4 Å². The molecule has 4 aromatic carbocycles. The molecule has 2 saturated heterocycles. The monoisotopic (exact) mass is 1460 g/mol. The summed E-state index contributed by atoms with van der Waals surface area (Å²) in [6, 6.07) is 21.9. The average molecular weight is 1460 g/mol. The first-order valence-corrected chi connectivity index (χ1v) is 38.9. The van der Waals surface area contributed by atoms with Crippen molar-refractivity contribution in [3.63, 3.8) is 0 Å². The number of H-pyrrole nitrogens is 1. The van der Waals surface area contributed by atoms with E-state index in [2.05, 4.69) is 106 Å². The highest BCUT2D eigenvalue weighted by Crippen LogP contribution is 2.36. The smallest absolute Gasteiger partial charge is 0.274 e. The Labute approximate surface area is 584 Å². The van der Waals surface area contributed by atoms with Gasteiger partial charge in [-0.05, 0) is 156 Å². The van der Waals surface area contributed by atoms with Crippen molar-refractivity contribution < 1.29 is 39.0 Å². The second-order valence-corrected chi connectivity index (χ2v) is 31.4. The summed E-state index contributed by atoms with van der Waals surface area (Å²) in [6.07, 6.45) is 15.1. The summed E-state index contributed by atoms with van der Waals surface area (Å²) in [5.41, 5.74) is 10.2. The first-order valence-electron chi connectivity index (χ1n) is 31.8. The molecule has 2 atom stereocenters. The number of aromatic amines is 1. The number of benzene rings is 4. The van der Waals surface area contributed by atoms with Crippen molar-refractivity contribution in [2.45, 2.75) is 91.7 Å². The number of phenols is 1. The number of phenolic OH excluding ortho intramolecular Hbond substituents is 1. The molecular formula is C65H88ClFN20O8S4. The Bertz CT molecular complexity index is 4790. The maximum atomic E-state index is 15.2. The van der Waals surface area contributed by atoms with Gasteiger partial charge in [-0.3, -0.25) is 10.1 Å². The number of unbranched alkanes of at least 4 members (excludes halogenated alkanes) is 2. The third kappa shape index (κ3) is 22.9. The van der Waals surface area contributed by atoms with Crippen LogP contribution >= 0.6 is 12.4 Å². The molecule has 2 unspecified atom stereocenters. The van der Waals surface area contributed by atoms with E-state index in [-0.39, 0.29) is 37.5 Å². The highest BCUT2D eigenvalue weighted by molar-refractivity contribution is 7.96. The Kier molecular flexibility index (Phi) is 27.5. The van der Waals surface area contributed by atoms with Gasteiger partial charge in [-0.25, -0.2) is 84.1 Å². The van der Waals surface area contributed by atoms with Crippen LogP contribution in [0.1, 0.15) is 84.7 Å². The second kappa shape index (κ2) is 34.8. The van der Waals surface area contributed by atoms with E-state index >= 15 is 4.39 Å². The van der Waals surface area contributed by atoms with Crippen LogP contribution in [0.2, 0.25) is 0 Å². The van der Waals surface area contributed by atoms with E-state index in [0.29, 0.717) is 82.1 Å². The first kappa shape index (κ1) is 78.2. The molecule has 0 saturated carbocycles. The van der Waals surface area contributed by atoms with Crippen LogP contribution in [0.3, 0.4) is 0 Å². The third-order valence-electron chi connectivity index (χ3n) is 16.6. The molecule has 534 valence electrons. The zero-order valence-electron chi connectivity index (χ0n) is 56.5. The number of nitrogens with one attached hydrogen (secondary N) is 6. The number of aromatic hydroxyl groups is 1. The number of pyridine rings is 1. The van der Waals surface area contributed by atoms with Crippen LogP contribution in [-0.4, -0.2) is 180 Å². The lowest BCUT2D eigenvalue weighted by Crippen LogP contribution is -2.40. The van der Waals surface area contributed by atoms with Gasteiger partial charge < -0.3 is 25.5 Å². The standard InChI is InChI=1S/C20H25FN4O2S.C17H23N7OS.C15H20N4O2S.C13H19N5O3S.ClH/c1-14-9-17-18(10-15(14)2)23-12-16(11-22)19(17)25-7-4-5-20(21,6-8-25)13-24-28(3,26)27;1-12-9-14-16(10-13(12)15-5-8-22-24-15)20-11-21-17(14)19-6-3-4-7-23-26(2,18)25;1-12-4-5-14-13(10-12)15(17-11-16-14)18-6-3-7-19(9-8-18)22(2,20)21;1-9-6-10-11(7-12(9)19)16-8-17-13(10)15-4-2-3-5-18-22(14,20)21;/h9-10,12,24H,4-8,13H2,1-3H3;5,8-11H,2-4,6-7H2,1H3,(H,22,24)(H3,18,23,25)(H,19,20,21);4-5,10-11H,3,6-9H2,1-2H3;6-8,18-19H,2-5H2,1H3,(H2,14,20,21)(H,15,16,17);1H. The Hall–Kier alpha value is -8.14. The molecule has 0 aliphatic carbocycles. The summed E-state index contributed by atoms with van der Waals surface area (Å²) >= 11 is 0. The Morgan fingerprint density at radius 1 is 0.626 bits per heavy atom. The largest absolute Gasteiger partial charge is 0.508 e. The minimum absolute atomic E-state index is 0. The first-order chi connectivity index (χ1) is 46.4. The van der Waals surface area contributed by atoms with Gasteiger partial charge in [0.1, 0.15) is 53.9 Å². The fourth-order valence-corrected chi connectivity index (χ4v) is 13.6. The van der Waals surface area contributed by atoms with Crippen molar-refractivity contribution in [3.05, 3.63) is 125 Å². The number of anilines is 4. The van der Waals surface area contributed by atoms with Crippen molar-refractivity contribution in [3.8, 4) is 23.1 Å². The number of nitriles is 1. The number of hydrogen-bond donors (Lipinski definition) is 9. The number of sulfonamides is 2. The molecule has 34 heteroatoms. The summed E-state index contributed by atoms with van der Waals surface area (Å²) in [5, 5.41) is 46.8. The number of rotatable bonds is 21. The summed E-state index contributed by atoms with van der Waals surface area (Å²) < 4.78 is 103. The minimum atomic E-state index is -3.62. The van der Waals surface area contributed by atoms with Crippen LogP contribution in [0, 0.1) is 45.9 Å². The van der Waals surface area contributed by atoms with Crippen LogP contribution in [-0.2, 0) is 40.1 Å². The maximum Gasteiger partial charge on any atom is 0.274 e. The number of halogens is 2. The van der Waals surface area contributed by atoms with Crippen LogP contribution in [0.4, 0.5) is 27.5 Å². The Balaban J connectivity index is 0.000000186. The molecule has 11 rings (SSSR count). The molecule has 0 bridgehead atoms. The van der Waals surface area contributed by atoms with E-state index in [9.17, 15) is 39.8 Å². The van der Waals surface area contributed by atoms with Crippen LogP contribution in [0.25, 0.3) is 54.9 Å². The molecule has 7 heterocycles. The number of alkyl halides is 1. The summed E-state index contributed by atoms with van der Waals surface area (Å²) in [4.78, 5) is 34.5. The highest BCUT2D eigenvalue weighted by Gasteiger charge is 2.34. The minimum Gasteiger partial charge on any atom is -0.508 e. The van der Waals surface area contributed by atoms with Gasteiger partial charge in [0, 0.05) is 124 Å². The van der Waals surface area contributed by atoms with E-state index in [1.165, 1.54) is 12.6 Å². The predicted octanol–water partition coefficient (Wildman–Crippen LogP) is 7.05. The molecule has 2 fully saturated rings. The lowest BCUT2D eigenvalue weighted by Gasteiger charge is -2.27. The van der Waals surface area contributed by atoms with E-state index < -0.39 is 45.8 Å². The number of nitrogens with two attached hydrogens (primary N) is 2. The molecule has 5 aromatic heterocycles. The molecule has 28 nitrogen and oxygen atoms in total. The molecule has 0 radical (unpaired) electrons. The molecule has 0 amide bonds. The Morgan fingerprint density at radius 2 is 1.22 bits per heavy atom. The quantitative estimate of drug-likeness (QED) is 0.0257. The van der Waals surface area contributed by atoms with E-state index in [4.69, 9.17) is 10.3 Å². The average Bonchev–Trinajstić information content (AvgIpc) is 1.08. The molecular weight excluding hydrogens is 1370 g/mol. The fourth-order valence-electron chi connectivity index (χ4n) is 11.3. The molecule has 2 aliphatic rings. The van der Waals surface area contributed by atoms with Gasteiger partial charge in [-0.2, -0.15) is 18.8 Å². The van der Waals surface area contributed by atoms with Gasteiger partial charge in [0.15, 0.2) is 0 Å². The van der Waals surface area contributed by atoms with Gasteiger partial charge >= 0.3 is 0 Å². The second-order valence-electron chi connectivity index (χ2n) is 24.5. The van der Waals surface area contributed by atoms with Crippen LogP contribution < -0.4 is 44.9 Å². The molecule has 0 spiro atoms. The lowest BCUT2D eigenvalue weighted by molar-refractivity contribution is 0.150. The zero-order valence-corrected chi connectivity index (χ0v) is 60.6. The number of nitrogens with zero attached hydrogens (tertiary/aromatic N) is 12. The third-order valence-corrected chi connectivity index (χ3v) is 19.9. The molecule has 9 aromatic rings. The Morgan fingerprint density at radius 3 is 1.85 bits per heavy atom. The van der Waals surface area contributed by atoms with Crippen LogP contribution in [0.15, 0.2) is 92.0 Å². The van der Waals surface area contributed by atoms with Crippen molar-refractivity contribution in [2.24, 2.45) is 10.3 Å². The molecule has 2 aliphatic heterocycles. The maximum absolute atomic E-state index is 15.2. The zero-order chi connectivity index (χ0) is 71.0. The summed E-state index contributed by atoms with van der Waals surface area (Å²) in [6.45, 7) is 15.5. The number of hydrogen-bond acceptors (Lipinski definition) is 21. The number of aromatic nitrogens is 9. The fraction of sp³-hybridized carbons (Fsp3) is 0.415. The van der Waals surface area contributed by atoms with Gasteiger partial charge in [-0.15, -0.1) is 12.4 Å². The van der Waals surface area contributed by atoms with Crippen molar-refractivity contribution in [1.29, 1.82) is 5.26 Å². The van der Waals surface area contributed by atoms with Crippen molar-refractivity contribution in [2.75, 3.05) is 105 Å². The van der Waals surface area contributed by atoms with Crippen LogP contribution in [0.5, 0.6) is 5.75 Å². The van der Waals surface area contributed by atoms with E-state index in [1.807, 2.05) is 75.1 Å². The van der Waals surface area contributed by atoms with Crippen molar-refractivity contribution in [1.82, 2.24) is 63.6 Å². The molecule has 11 N–H and O–H groups in total. The summed E-state index contributed by atoms with van der Waals surface area (Å²) in [5.74, 6) is 5.95. The van der Waals surface area contributed by atoms with Crippen molar-refractivity contribution >= 4 is 125 Å².